The third-order valence-electron chi connectivity index (χ3n) is 4.82. The predicted octanol–water partition coefficient (Wildman–Crippen LogP) is 4.16. The van der Waals surface area contributed by atoms with Crippen LogP contribution < -0.4 is 10.2 Å². The topological polar surface area (TPSA) is 35.6 Å². The normalized spacial score (nSPS) is 15.3. The maximum atomic E-state index is 13.8. The van der Waals surface area contributed by atoms with Gasteiger partial charge < -0.3 is 10.2 Å². The van der Waals surface area contributed by atoms with Crippen molar-refractivity contribution in [1.82, 2.24) is 10.2 Å². The summed E-state index contributed by atoms with van der Waals surface area (Å²) in [6.45, 7) is 5.53. The molecule has 29 heavy (non-hydrogen) atoms. The van der Waals surface area contributed by atoms with Crippen LogP contribution in [-0.2, 0) is 17.9 Å². The lowest BCUT2D eigenvalue weighted by Gasteiger charge is -2.25. The highest BCUT2D eigenvalue weighted by atomic mass is 35.5. The summed E-state index contributed by atoms with van der Waals surface area (Å²) in [6, 6.07) is 12.6. The van der Waals surface area contributed by atoms with Gasteiger partial charge in [0.05, 0.1) is 5.69 Å². The molecule has 160 valence electrons. The summed E-state index contributed by atoms with van der Waals surface area (Å²) in [4.78, 5) is 16.0. The average Bonchev–Trinajstić information content (AvgIpc) is 2.68. The third-order valence-corrected chi connectivity index (χ3v) is 4.82. The number of amides is 1. The number of rotatable bonds is 2. The van der Waals surface area contributed by atoms with E-state index in [0.29, 0.717) is 24.3 Å². The Bertz CT molecular complexity index is 793. The molecular weight excluding hydrogens is 419 g/mol. The van der Waals surface area contributed by atoms with Gasteiger partial charge in [0.2, 0.25) is 5.91 Å². The Morgan fingerprint density at radius 3 is 2.41 bits per heavy atom. The van der Waals surface area contributed by atoms with Gasteiger partial charge in [-0.25, -0.2) is 8.78 Å². The van der Waals surface area contributed by atoms with Gasteiger partial charge in [-0.3, -0.25) is 9.69 Å². The Balaban J connectivity index is 0.00000210. The van der Waals surface area contributed by atoms with Gasteiger partial charge in [0.15, 0.2) is 11.6 Å². The van der Waals surface area contributed by atoms with Crippen LogP contribution in [0.4, 0.5) is 14.5 Å². The van der Waals surface area contributed by atoms with Crippen LogP contribution in [-0.4, -0.2) is 37.0 Å². The second-order valence-electron chi connectivity index (χ2n) is 6.86. The zero-order chi connectivity index (χ0) is 19.2. The smallest absolute Gasteiger partial charge is 0.223 e. The fraction of sp³-hybridized carbons (Fsp3) is 0.381. The standard InChI is InChI=1S/C21H25F2N3O.2ClH/c1-16(27)26-10-5-9-25(15-17-6-3-2-4-7-17)11-8-24-14-18-12-19(22)20(23)13-21(18)26;;/h2-4,6-7,12-13,24H,5,8-11,14-15H2,1H3;2*1H. The van der Waals surface area contributed by atoms with Crippen LogP contribution in [0.25, 0.3) is 0 Å². The molecule has 1 heterocycles. The molecule has 3 rings (SSSR count). The molecule has 8 heteroatoms. The molecule has 0 aromatic heterocycles. The Hall–Kier alpha value is -1.73. The highest BCUT2D eigenvalue weighted by molar-refractivity contribution is 5.92. The quantitative estimate of drug-likeness (QED) is 0.753. The van der Waals surface area contributed by atoms with Gasteiger partial charge in [-0.1, -0.05) is 30.3 Å². The molecule has 4 nitrogen and oxygen atoms in total. The summed E-state index contributed by atoms with van der Waals surface area (Å²) in [5.74, 6) is -1.99. The van der Waals surface area contributed by atoms with Crippen LogP contribution in [0.3, 0.4) is 0 Å². The van der Waals surface area contributed by atoms with Gasteiger partial charge in [0.25, 0.3) is 0 Å². The summed E-state index contributed by atoms with van der Waals surface area (Å²) < 4.78 is 27.5. The van der Waals surface area contributed by atoms with Crippen molar-refractivity contribution < 1.29 is 13.6 Å². The Kier molecular flexibility index (Phi) is 10.5. The number of nitrogens with zero attached hydrogens (tertiary/aromatic N) is 2. The number of nitrogens with one attached hydrogen (secondary N) is 1. The SMILES string of the molecule is CC(=O)N1CCCN(Cc2ccccc2)CCNCc2cc(F)c(F)cc21.Cl.Cl. The van der Waals surface area contributed by atoms with Crippen molar-refractivity contribution >= 4 is 36.4 Å². The van der Waals surface area contributed by atoms with E-state index in [1.165, 1.54) is 18.6 Å². The molecule has 0 fully saturated rings. The van der Waals surface area contributed by atoms with Crippen LogP contribution in [0, 0.1) is 11.6 Å². The van der Waals surface area contributed by atoms with Crippen molar-refractivity contribution in [2.24, 2.45) is 0 Å². The molecular formula is C21H27Cl2F2N3O. The molecule has 1 aliphatic heterocycles. The third kappa shape index (κ3) is 6.93. The lowest BCUT2D eigenvalue weighted by atomic mass is 10.1. The highest BCUT2D eigenvalue weighted by Gasteiger charge is 2.20. The van der Waals surface area contributed by atoms with Crippen LogP contribution in [0.5, 0.6) is 0 Å². The van der Waals surface area contributed by atoms with E-state index in [2.05, 4.69) is 22.3 Å². The van der Waals surface area contributed by atoms with Crippen LogP contribution in [0.15, 0.2) is 42.5 Å². The van der Waals surface area contributed by atoms with E-state index in [4.69, 9.17) is 0 Å². The summed E-state index contributed by atoms with van der Waals surface area (Å²) in [5, 5.41) is 3.29. The van der Waals surface area contributed by atoms with Gasteiger partial charge >= 0.3 is 0 Å². The predicted molar refractivity (Wildman–Crippen MR) is 117 cm³/mol. The molecule has 0 atom stereocenters. The molecule has 0 aliphatic carbocycles. The average molecular weight is 446 g/mol. The van der Waals surface area contributed by atoms with Crippen molar-refractivity contribution in [3.63, 3.8) is 0 Å². The van der Waals surface area contributed by atoms with E-state index in [0.717, 1.165) is 38.7 Å². The molecule has 0 radical (unpaired) electrons. The van der Waals surface area contributed by atoms with Crippen molar-refractivity contribution in [3.8, 4) is 0 Å². The largest absolute Gasteiger partial charge is 0.312 e. The lowest BCUT2D eigenvalue weighted by molar-refractivity contribution is -0.116. The van der Waals surface area contributed by atoms with Crippen LogP contribution in [0.2, 0.25) is 0 Å². The molecule has 1 amide bonds. The van der Waals surface area contributed by atoms with Gasteiger partial charge in [-0.2, -0.15) is 0 Å². The number of hydrogen-bond acceptors (Lipinski definition) is 3. The van der Waals surface area contributed by atoms with Gasteiger partial charge in [-0.15, -0.1) is 24.8 Å². The molecule has 0 spiro atoms. The Morgan fingerprint density at radius 2 is 1.72 bits per heavy atom. The summed E-state index contributed by atoms with van der Waals surface area (Å²) in [5.41, 5.74) is 2.29. The number of benzene rings is 2. The number of halogens is 4. The lowest BCUT2D eigenvalue weighted by Crippen LogP contribution is -2.34. The molecule has 0 saturated heterocycles. The Morgan fingerprint density at radius 1 is 1.03 bits per heavy atom. The number of fused-ring (bicyclic) bond motifs is 1. The van der Waals surface area contributed by atoms with Gasteiger partial charge in [0.1, 0.15) is 0 Å². The number of anilines is 1. The molecule has 2 aromatic carbocycles. The molecule has 0 bridgehead atoms. The summed E-state index contributed by atoms with van der Waals surface area (Å²) >= 11 is 0. The van der Waals surface area contributed by atoms with E-state index in [9.17, 15) is 13.6 Å². The fourth-order valence-corrected chi connectivity index (χ4v) is 3.44. The van der Waals surface area contributed by atoms with E-state index in [1.807, 2.05) is 18.2 Å². The molecule has 1 N–H and O–H groups in total. The van der Waals surface area contributed by atoms with Crippen molar-refractivity contribution in [2.45, 2.75) is 26.4 Å². The minimum Gasteiger partial charge on any atom is -0.312 e. The van der Waals surface area contributed by atoms with E-state index >= 15 is 0 Å². The first kappa shape index (κ1) is 25.3. The molecule has 2 aromatic rings. The zero-order valence-corrected chi connectivity index (χ0v) is 18.0. The first-order valence-corrected chi connectivity index (χ1v) is 9.27. The van der Waals surface area contributed by atoms with E-state index < -0.39 is 11.6 Å². The zero-order valence-electron chi connectivity index (χ0n) is 16.4. The van der Waals surface area contributed by atoms with E-state index in [-0.39, 0.29) is 30.7 Å². The van der Waals surface area contributed by atoms with Gasteiger partial charge in [0, 0.05) is 52.3 Å². The molecule has 0 saturated carbocycles. The number of carbonyl (C=O) groups is 1. The number of carbonyl (C=O) groups excluding carboxylic acids is 1. The summed E-state index contributed by atoms with van der Waals surface area (Å²) in [7, 11) is 0. The second kappa shape index (κ2) is 12.1. The minimum atomic E-state index is -0.930. The molecule has 0 unspecified atom stereocenters. The summed E-state index contributed by atoms with van der Waals surface area (Å²) in [6.07, 6.45) is 0.755. The van der Waals surface area contributed by atoms with Gasteiger partial charge in [-0.05, 0) is 23.6 Å². The minimum absolute atomic E-state index is 0. The van der Waals surface area contributed by atoms with Crippen molar-refractivity contribution in [3.05, 3.63) is 65.2 Å². The van der Waals surface area contributed by atoms with Crippen LogP contribution >= 0.6 is 24.8 Å². The van der Waals surface area contributed by atoms with Crippen molar-refractivity contribution in [2.75, 3.05) is 31.1 Å². The first-order chi connectivity index (χ1) is 13.0. The second-order valence-corrected chi connectivity index (χ2v) is 6.86. The molecule has 1 aliphatic rings. The first-order valence-electron chi connectivity index (χ1n) is 9.27. The van der Waals surface area contributed by atoms with Crippen molar-refractivity contribution in [1.29, 1.82) is 0 Å². The fourth-order valence-electron chi connectivity index (χ4n) is 3.44. The Labute approximate surface area is 183 Å². The maximum absolute atomic E-state index is 13.8. The monoisotopic (exact) mass is 445 g/mol. The number of hydrogen-bond donors (Lipinski definition) is 1. The van der Waals surface area contributed by atoms with Crippen LogP contribution in [0.1, 0.15) is 24.5 Å². The highest BCUT2D eigenvalue weighted by Crippen LogP contribution is 2.25. The van der Waals surface area contributed by atoms with E-state index in [1.54, 1.807) is 4.90 Å². The maximum Gasteiger partial charge on any atom is 0.223 e.